The van der Waals surface area contributed by atoms with Crippen LogP contribution in [0.1, 0.15) is 67.8 Å². The van der Waals surface area contributed by atoms with E-state index in [0.29, 0.717) is 35.5 Å². The Kier molecular flexibility index (Phi) is 12.3. The van der Waals surface area contributed by atoms with Crippen LogP contribution in [-0.2, 0) is 36.6 Å². The highest BCUT2D eigenvalue weighted by Crippen LogP contribution is 2.57. The van der Waals surface area contributed by atoms with Crippen LogP contribution in [-0.4, -0.2) is 157 Å². The largest absolute Gasteiger partial charge is 0.507 e. The van der Waals surface area contributed by atoms with Crippen molar-refractivity contribution in [3.8, 4) is 58.0 Å². The lowest BCUT2D eigenvalue weighted by Crippen LogP contribution is -2.80. The molecule has 4 aromatic rings. The predicted molar refractivity (Wildman–Crippen MR) is 262 cm³/mol. The molecule has 12 atom stereocenters. The van der Waals surface area contributed by atoms with Crippen molar-refractivity contribution in [3.05, 3.63) is 104 Å². The molecule has 404 valence electrons. The minimum absolute atomic E-state index is 0.0184. The summed E-state index contributed by atoms with van der Waals surface area (Å²) in [7, 11) is 0. The number of rotatable bonds is 6. The molecule has 15 N–H and O–H groups in total. The number of carbonyl (C=O) groups is 2. The van der Waals surface area contributed by atoms with E-state index in [1.807, 2.05) is 25.8 Å². The van der Waals surface area contributed by atoms with Crippen LogP contribution in [0.4, 0.5) is 0 Å². The molecule has 7 aliphatic heterocycles. The number of ether oxygens (including phenoxy) is 4. The maximum atomic E-state index is 15.3. The van der Waals surface area contributed by atoms with Gasteiger partial charge in [0.05, 0.1) is 12.6 Å². The number of allylic oxidation sites excluding steroid dienone is 4. The highest BCUT2D eigenvalue weighted by atomic mass is 16.8. The molecule has 2 aromatic heterocycles. The molecule has 4 bridgehead atoms. The number of dihydropyridines is 1. The number of benzene rings is 2. The number of carboxylic acids is 1. The summed E-state index contributed by atoms with van der Waals surface area (Å²) < 4.78 is 31.2. The smallest absolute Gasteiger partial charge is 0.354 e. The van der Waals surface area contributed by atoms with Crippen molar-refractivity contribution < 1.29 is 94.2 Å². The average Bonchev–Trinajstić information content (AvgIpc) is 3.85. The maximum Gasteiger partial charge on any atom is 0.354 e. The standard InChI is InChI=1S/C54H53N3O20/c1-3-31-29(20-28-23(2)7-13-56-46(28)57-31)30-18-27-19-32-24(8-14-55-32)6-4-10-50(70)44(65)45(66)53(27,77-52(50)12-5-11-51(48(67)68)54(71,72)43(64)42(63)47(76-51)74-49(52)69)75-37-22-36-39(41(62)38(30)37)33(59)21-35(73-36)26-16-25(9-15-58)40(61)34(60)17-26/h8,14,16-18,20-23,30,42-47,55-58,60-66,70-72H,3,7,9-10,12-13,15,19H2,1-2H3,(H,67,68)/t23-,30-,42+,43+,44+,45+,46?,47-,50-,51+,52+,53-/m0/s1. The van der Waals surface area contributed by atoms with E-state index in [2.05, 4.69) is 33.4 Å². The number of hydrogen-bond donors (Lipinski definition) is 15. The number of hydrogen-bond acceptors (Lipinski definition) is 21. The van der Waals surface area contributed by atoms with Gasteiger partial charge in [-0.25, -0.2) is 9.59 Å². The van der Waals surface area contributed by atoms with E-state index >= 15 is 4.79 Å². The summed E-state index contributed by atoms with van der Waals surface area (Å²) in [5, 5.41) is 144. The summed E-state index contributed by atoms with van der Waals surface area (Å²) in [6.07, 6.45) is -9.97. The normalized spacial score (nSPS) is 33.9. The summed E-state index contributed by atoms with van der Waals surface area (Å²) in [4.78, 5) is 46.0. The number of phenols is 3. The highest BCUT2D eigenvalue weighted by Gasteiger charge is 2.76. The van der Waals surface area contributed by atoms with Crippen molar-refractivity contribution >= 4 is 22.9 Å². The maximum absolute atomic E-state index is 15.3. The highest BCUT2D eigenvalue weighted by molar-refractivity contribution is 5.90. The summed E-state index contributed by atoms with van der Waals surface area (Å²) in [5.41, 5.74) is -8.51. The number of aromatic hydroxyl groups is 3. The number of piperidine rings is 1. The monoisotopic (exact) mass is 1060 g/mol. The third-order valence-electron chi connectivity index (χ3n) is 16.0. The zero-order chi connectivity index (χ0) is 54.9. The van der Waals surface area contributed by atoms with Gasteiger partial charge in [-0.05, 0) is 67.0 Å². The van der Waals surface area contributed by atoms with Crippen LogP contribution in [0.25, 0.3) is 22.3 Å². The molecular weight excluding hydrogens is 1010 g/mol. The van der Waals surface area contributed by atoms with E-state index in [0.717, 1.165) is 24.1 Å². The Morgan fingerprint density at radius 1 is 0.961 bits per heavy atom. The average molecular weight is 1060 g/mol. The second-order valence-electron chi connectivity index (χ2n) is 20.3. The number of aromatic amines is 1. The Bertz CT molecular complexity index is 3480. The molecule has 12 rings (SSSR count). The topological polar surface area (TPSA) is 384 Å². The van der Waals surface area contributed by atoms with Gasteiger partial charge in [0.25, 0.3) is 11.4 Å². The van der Waals surface area contributed by atoms with Crippen molar-refractivity contribution in [2.45, 2.75) is 124 Å². The van der Waals surface area contributed by atoms with Crippen LogP contribution in [0.15, 0.2) is 80.3 Å². The molecule has 77 heavy (non-hydrogen) atoms. The van der Waals surface area contributed by atoms with Gasteiger partial charge >= 0.3 is 11.9 Å². The van der Waals surface area contributed by atoms with E-state index in [1.165, 1.54) is 18.2 Å². The predicted octanol–water partition coefficient (Wildman–Crippen LogP) is -0.560. The van der Waals surface area contributed by atoms with Gasteiger partial charge in [0.2, 0.25) is 17.7 Å². The minimum Gasteiger partial charge on any atom is -0.507 e. The zero-order valence-corrected chi connectivity index (χ0v) is 41.0. The van der Waals surface area contributed by atoms with Gasteiger partial charge in [0.1, 0.15) is 52.1 Å². The van der Waals surface area contributed by atoms with Crippen LogP contribution in [0.5, 0.6) is 23.0 Å². The number of carboxylic acid groups (broad SMARTS) is 1. The van der Waals surface area contributed by atoms with E-state index < -0.39 is 125 Å². The number of aliphatic hydroxyl groups is 8. The summed E-state index contributed by atoms with van der Waals surface area (Å²) >= 11 is 0. The molecule has 0 saturated carbocycles. The van der Waals surface area contributed by atoms with Gasteiger partial charge in [0.15, 0.2) is 23.0 Å². The van der Waals surface area contributed by atoms with Crippen LogP contribution in [0, 0.1) is 29.6 Å². The third-order valence-corrected chi connectivity index (χ3v) is 16.0. The molecule has 23 heteroatoms. The van der Waals surface area contributed by atoms with Crippen molar-refractivity contribution in [1.82, 2.24) is 15.6 Å². The second kappa shape index (κ2) is 18.2. The number of esters is 1. The molecule has 0 radical (unpaired) electrons. The van der Waals surface area contributed by atoms with E-state index in [4.69, 9.17) is 23.4 Å². The minimum atomic E-state index is -3.90. The molecule has 3 saturated heterocycles. The van der Waals surface area contributed by atoms with Crippen LogP contribution >= 0.6 is 0 Å². The lowest BCUT2D eigenvalue weighted by molar-refractivity contribution is -0.399. The number of aromatic nitrogens is 1. The molecule has 2 spiro atoms. The Balaban J connectivity index is 1.22. The molecule has 9 heterocycles. The fraction of sp³-hybridized carbons (Fsp3) is 0.426. The van der Waals surface area contributed by atoms with Crippen molar-refractivity contribution in [1.29, 1.82) is 0 Å². The van der Waals surface area contributed by atoms with E-state index in [9.17, 15) is 70.9 Å². The molecule has 0 amide bonds. The number of aliphatic carboxylic acids is 1. The number of phenolic OH excluding ortho intramolecular Hbond substituents is 3. The summed E-state index contributed by atoms with van der Waals surface area (Å²) in [6, 6.07) is 6.30. The molecule has 2 aromatic carbocycles. The molecule has 8 aliphatic rings. The van der Waals surface area contributed by atoms with Crippen molar-refractivity contribution in [3.63, 3.8) is 0 Å². The Hall–Kier alpha value is -7.23. The molecule has 1 unspecified atom stereocenters. The fourth-order valence-electron chi connectivity index (χ4n) is 11.7. The second-order valence-corrected chi connectivity index (χ2v) is 20.3. The SMILES string of the molecule is CCC1=C([C@@H]2C=C3Cc4[nH]ccc4C#CC[C@]4(O)[C@H](O)[C@@H](O)[C@@]3(Oc3cc5oc(-c6cc(O)c(O)c(CCO)c6)cc(=O)c5c(O)c32)O[C@@]42CC#C[C@]3(C(=O)O)O[C@H](OC2=O)[C@H](O)[C@@H](O)C3(O)O)C=C2C(NCC[C@@H]2C)N1. The first kappa shape index (κ1) is 51.9. The van der Waals surface area contributed by atoms with Gasteiger partial charge in [-0.2, -0.15) is 0 Å². The van der Waals surface area contributed by atoms with Gasteiger partial charge in [0, 0.05) is 82.9 Å². The van der Waals surface area contributed by atoms with Crippen molar-refractivity contribution in [2.24, 2.45) is 5.92 Å². The fourth-order valence-corrected chi connectivity index (χ4v) is 11.7. The van der Waals surface area contributed by atoms with E-state index in [1.54, 1.807) is 12.3 Å². The van der Waals surface area contributed by atoms with Gasteiger partial charge in [-0.3, -0.25) is 10.1 Å². The van der Waals surface area contributed by atoms with Crippen LogP contribution in [0.3, 0.4) is 0 Å². The number of aliphatic hydroxyl groups excluding tert-OH is 5. The van der Waals surface area contributed by atoms with Gasteiger partial charge in [-0.15, -0.1) is 0 Å². The number of H-pyrrole nitrogens is 1. The molecule has 3 fully saturated rings. The first-order valence-corrected chi connectivity index (χ1v) is 24.8. The van der Waals surface area contributed by atoms with Crippen LogP contribution < -0.4 is 20.8 Å². The Labute approximate surface area is 435 Å². The Morgan fingerprint density at radius 3 is 2.48 bits per heavy atom. The summed E-state index contributed by atoms with van der Waals surface area (Å²) in [5.74, 6) is -4.54. The lowest BCUT2D eigenvalue weighted by Gasteiger charge is -2.57. The van der Waals surface area contributed by atoms with Gasteiger partial charge < -0.3 is 94.9 Å². The first-order valence-electron chi connectivity index (χ1n) is 24.8. The molecular formula is C54H53N3O20. The van der Waals surface area contributed by atoms with E-state index in [-0.39, 0.29) is 63.9 Å². The van der Waals surface area contributed by atoms with Crippen molar-refractivity contribution in [2.75, 3.05) is 13.2 Å². The first-order chi connectivity index (χ1) is 36.6. The molecule has 23 nitrogen and oxygen atoms in total. The Morgan fingerprint density at radius 2 is 1.74 bits per heavy atom. The van der Waals surface area contributed by atoms with Gasteiger partial charge in [-0.1, -0.05) is 43.8 Å². The van der Waals surface area contributed by atoms with Crippen LogP contribution in [0.2, 0.25) is 0 Å². The number of carbonyl (C=O) groups excluding carboxylic acids is 1. The quantitative estimate of drug-likeness (QED) is 0.0378. The third kappa shape index (κ3) is 7.46. The number of fused-ring (bicyclic) bond motifs is 7. The lowest BCUT2D eigenvalue weighted by atomic mass is 9.67. The molecule has 1 aliphatic carbocycles. The number of nitrogens with one attached hydrogen (secondary N) is 3. The summed E-state index contributed by atoms with van der Waals surface area (Å²) in [6.45, 7) is 4.20. The zero-order valence-electron chi connectivity index (χ0n) is 41.0.